The number of rotatable bonds is 7. The van der Waals surface area contributed by atoms with Gasteiger partial charge < -0.3 is 14.8 Å². The van der Waals surface area contributed by atoms with Crippen molar-refractivity contribution in [2.45, 2.75) is 25.8 Å². The number of carbonyl (C=O) groups is 3. The second-order valence-corrected chi connectivity index (χ2v) is 5.64. The van der Waals surface area contributed by atoms with Gasteiger partial charge in [-0.25, -0.2) is 4.79 Å². The van der Waals surface area contributed by atoms with Gasteiger partial charge in [-0.15, -0.1) is 0 Å². The first-order valence-electron chi connectivity index (χ1n) is 7.38. The van der Waals surface area contributed by atoms with Crippen LogP contribution in [0.2, 0.25) is 0 Å². The Morgan fingerprint density at radius 3 is 2.48 bits per heavy atom. The molecule has 3 amide bonds. The number of nitrogens with zero attached hydrogens (tertiary/aromatic N) is 1. The molecule has 1 aliphatic heterocycles. The van der Waals surface area contributed by atoms with E-state index in [9.17, 15) is 14.4 Å². The van der Waals surface area contributed by atoms with E-state index in [0.29, 0.717) is 5.75 Å². The third-order valence-corrected chi connectivity index (χ3v) is 3.34. The van der Waals surface area contributed by atoms with Gasteiger partial charge in [0, 0.05) is 6.54 Å². The Bertz CT molecular complexity index is 585. The number of hydrogen-bond acceptors (Lipinski definition) is 5. The summed E-state index contributed by atoms with van der Waals surface area (Å²) in [7, 11) is 0. The van der Waals surface area contributed by atoms with E-state index in [0.717, 1.165) is 4.90 Å². The van der Waals surface area contributed by atoms with E-state index in [1.807, 2.05) is 18.2 Å². The van der Waals surface area contributed by atoms with Gasteiger partial charge in [-0.1, -0.05) is 18.2 Å². The zero-order valence-corrected chi connectivity index (χ0v) is 13.2. The van der Waals surface area contributed by atoms with Crippen LogP contribution < -0.4 is 10.1 Å². The van der Waals surface area contributed by atoms with E-state index >= 15 is 0 Å². The van der Waals surface area contributed by atoms with Crippen LogP contribution in [-0.2, 0) is 14.3 Å². The van der Waals surface area contributed by atoms with Crippen LogP contribution in [0.15, 0.2) is 30.3 Å². The minimum absolute atomic E-state index is 0.00642. The molecule has 1 saturated heterocycles. The fraction of sp³-hybridized carbons (Fsp3) is 0.438. The topological polar surface area (TPSA) is 84.9 Å². The lowest BCUT2D eigenvalue weighted by Crippen LogP contribution is -2.40. The molecule has 0 atom stereocenters. The van der Waals surface area contributed by atoms with Crippen LogP contribution in [0.1, 0.15) is 20.3 Å². The Morgan fingerprint density at radius 2 is 1.87 bits per heavy atom. The van der Waals surface area contributed by atoms with E-state index < -0.39 is 17.5 Å². The average molecular weight is 320 g/mol. The van der Waals surface area contributed by atoms with E-state index in [-0.39, 0.29) is 32.1 Å². The summed E-state index contributed by atoms with van der Waals surface area (Å²) in [6.45, 7) is 3.59. The monoisotopic (exact) mass is 320 g/mol. The molecule has 0 aliphatic carbocycles. The van der Waals surface area contributed by atoms with Crippen molar-refractivity contribution in [3.8, 4) is 5.75 Å². The molecule has 1 aliphatic rings. The smallest absolute Gasteiger partial charge is 0.325 e. The number of imide groups is 1. The minimum Gasteiger partial charge on any atom is -0.490 e. The molecule has 0 aromatic heterocycles. The lowest BCUT2D eigenvalue weighted by Gasteiger charge is -2.15. The molecule has 0 saturated carbocycles. The quantitative estimate of drug-likeness (QED) is 0.465. The van der Waals surface area contributed by atoms with E-state index in [1.54, 1.807) is 26.0 Å². The first-order valence-corrected chi connectivity index (χ1v) is 7.38. The normalized spacial score (nSPS) is 16.2. The Hall–Kier alpha value is -2.57. The summed E-state index contributed by atoms with van der Waals surface area (Å²) in [5.41, 5.74) is -0.926. The largest absolute Gasteiger partial charge is 0.490 e. The molecule has 7 heteroatoms. The number of para-hydroxylation sites is 1. The molecular formula is C16H20N2O5. The number of hydrogen-bond donors (Lipinski definition) is 1. The highest BCUT2D eigenvalue weighted by atomic mass is 16.6. The van der Waals surface area contributed by atoms with Gasteiger partial charge in [0.15, 0.2) is 0 Å². The van der Waals surface area contributed by atoms with Crippen molar-refractivity contribution in [1.82, 2.24) is 10.2 Å². The number of benzene rings is 1. The van der Waals surface area contributed by atoms with Gasteiger partial charge in [0.25, 0.3) is 5.91 Å². The zero-order chi connectivity index (χ0) is 16.9. The zero-order valence-electron chi connectivity index (χ0n) is 13.2. The lowest BCUT2D eigenvalue weighted by atomic mass is 10.1. The molecule has 7 nitrogen and oxygen atoms in total. The molecule has 1 aromatic rings. The maximum atomic E-state index is 11.9. The summed E-state index contributed by atoms with van der Waals surface area (Å²) in [5, 5.41) is 2.55. The summed E-state index contributed by atoms with van der Waals surface area (Å²) in [4.78, 5) is 36.3. The van der Waals surface area contributed by atoms with Crippen LogP contribution >= 0.6 is 0 Å². The summed E-state index contributed by atoms with van der Waals surface area (Å²) in [6.07, 6.45) is -0.0411. The first-order chi connectivity index (χ1) is 10.9. The molecule has 0 bridgehead atoms. The van der Waals surface area contributed by atoms with E-state index in [1.165, 1.54) is 0 Å². The minimum atomic E-state index is -0.926. The van der Waals surface area contributed by atoms with Crippen LogP contribution in [0.5, 0.6) is 5.75 Å². The number of nitrogens with one attached hydrogen (secondary N) is 1. The first kappa shape index (κ1) is 16.8. The van der Waals surface area contributed by atoms with Gasteiger partial charge in [-0.2, -0.15) is 0 Å². The Labute approximate surface area is 134 Å². The summed E-state index contributed by atoms with van der Waals surface area (Å²) >= 11 is 0. The molecule has 23 heavy (non-hydrogen) atoms. The molecule has 124 valence electrons. The van der Waals surface area contributed by atoms with Gasteiger partial charge in [-0.05, 0) is 26.0 Å². The molecular weight excluding hydrogens is 300 g/mol. The number of urea groups is 1. The highest BCUT2D eigenvalue weighted by Crippen LogP contribution is 2.16. The van der Waals surface area contributed by atoms with Crippen molar-refractivity contribution in [2.75, 3.05) is 19.8 Å². The standard InChI is InChI=1S/C16H20N2O5/c1-16(2)14(20)18(15(21)17-16)9-8-13(19)23-11-10-22-12-6-4-3-5-7-12/h3-7H,8-11H2,1-2H3,(H,17,21). The van der Waals surface area contributed by atoms with Gasteiger partial charge >= 0.3 is 12.0 Å². The van der Waals surface area contributed by atoms with Crippen LogP contribution in [-0.4, -0.2) is 48.1 Å². The summed E-state index contributed by atoms with van der Waals surface area (Å²) in [5.74, 6) is -0.125. The van der Waals surface area contributed by atoms with Crippen molar-refractivity contribution >= 4 is 17.9 Å². The molecule has 0 spiro atoms. The van der Waals surface area contributed by atoms with Gasteiger partial charge in [-0.3, -0.25) is 14.5 Å². The number of esters is 1. The highest BCUT2D eigenvalue weighted by Gasteiger charge is 2.44. The Morgan fingerprint density at radius 1 is 1.17 bits per heavy atom. The second-order valence-electron chi connectivity index (χ2n) is 5.64. The maximum Gasteiger partial charge on any atom is 0.325 e. The van der Waals surface area contributed by atoms with Crippen LogP contribution in [0.25, 0.3) is 0 Å². The van der Waals surface area contributed by atoms with Crippen molar-refractivity contribution in [3.63, 3.8) is 0 Å². The van der Waals surface area contributed by atoms with E-state index in [4.69, 9.17) is 9.47 Å². The molecule has 1 N–H and O–H groups in total. The van der Waals surface area contributed by atoms with Gasteiger partial charge in [0.05, 0.1) is 6.42 Å². The molecule has 0 unspecified atom stereocenters. The van der Waals surface area contributed by atoms with Crippen LogP contribution in [0.4, 0.5) is 4.79 Å². The summed E-state index contributed by atoms with van der Waals surface area (Å²) < 4.78 is 10.4. The Balaban J connectivity index is 1.66. The van der Waals surface area contributed by atoms with Gasteiger partial charge in [0.2, 0.25) is 0 Å². The van der Waals surface area contributed by atoms with Gasteiger partial charge in [0.1, 0.15) is 24.5 Å². The third-order valence-electron chi connectivity index (χ3n) is 3.34. The Kier molecular flexibility index (Phi) is 5.20. The molecule has 1 heterocycles. The average Bonchev–Trinajstić information content (AvgIpc) is 2.71. The predicted octanol–water partition coefficient (Wildman–Crippen LogP) is 1.33. The second kappa shape index (κ2) is 7.13. The van der Waals surface area contributed by atoms with Crippen molar-refractivity contribution in [1.29, 1.82) is 0 Å². The van der Waals surface area contributed by atoms with E-state index in [2.05, 4.69) is 5.32 Å². The van der Waals surface area contributed by atoms with Crippen molar-refractivity contribution in [3.05, 3.63) is 30.3 Å². The fourth-order valence-electron chi connectivity index (χ4n) is 2.13. The van der Waals surface area contributed by atoms with Crippen LogP contribution in [0, 0.1) is 0 Å². The molecule has 2 rings (SSSR count). The molecule has 1 fully saturated rings. The lowest BCUT2D eigenvalue weighted by molar-refractivity contribution is -0.144. The maximum absolute atomic E-state index is 11.9. The number of ether oxygens (including phenoxy) is 2. The van der Waals surface area contributed by atoms with Crippen LogP contribution in [0.3, 0.4) is 0 Å². The molecule has 0 radical (unpaired) electrons. The number of amides is 3. The highest BCUT2D eigenvalue weighted by molar-refractivity contribution is 6.06. The fourth-order valence-corrected chi connectivity index (χ4v) is 2.13. The molecule has 1 aromatic carbocycles. The summed E-state index contributed by atoms with van der Waals surface area (Å²) in [6, 6.07) is 8.70. The van der Waals surface area contributed by atoms with Crippen molar-refractivity contribution < 1.29 is 23.9 Å². The third kappa shape index (κ3) is 4.45. The van der Waals surface area contributed by atoms with Crippen molar-refractivity contribution in [2.24, 2.45) is 0 Å². The SMILES string of the molecule is CC1(C)NC(=O)N(CCC(=O)OCCOc2ccccc2)C1=O. The number of carbonyl (C=O) groups excluding carboxylic acids is 3. The predicted molar refractivity (Wildman–Crippen MR) is 81.8 cm³/mol.